The van der Waals surface area contributed by atoms with E-state index in [0.29, 0.717) is 13.0 Å². The maximum absolute atomic E-state index is 13.1. The zero-order valence-corrected chi connectivity index (χ0v) is 19.6. The number of likely N-dealkylation sites (tertiary alicyclic amines) is 1. The Labute approximate surface area is 188 Å². The number of fused-ring (bicyclic) bond motifs is 1. The molecule has 1 fully saturated rings. The van der Waals surface area contributed by atoms with Crippen LogP contribution in [0.5, 0.6) is 0 Å². The normalized spacial score (nSPS) is 19.1. The van der Waals surface area contributed by atoms with Crippen LogP contribution in [0, 0.1) is 0 Å². The van der Waals surface area contributed by atoms with Crippen molar-refractivity contribution in [2.45, 2.75) is 51.5 Å². The molecule has 0 aliphatic carbocycles. The van der Waals surface area contributed by atoms with Crippen molar-refractivity contribution in [3.63, 3.8) is 0 Å². The summed E-state index contributed by atoms with van der Waals surface area (Å²) < 4.78 is 1.14. The molecular weight excluding hydrogens is 408 g/mol. The van der Waals surface area contributed by atoms with E-state index >= 15 is 0 Å². The molecule has 0 spiro atoms. The van der Waals surface area contributed by atoms with Crippen LogP contribution < -0.4 is 0 Å². The summed E-state index contributed by atoms with van der Waals surface area (Å²) in [6, 6.07) is 8.39. The second-order valence-corrected chi connectivity index (χ2v) is 9.89. The number of thiophene rings is 1. The van der Waals surface area contributed by atoms with Gasteiger partial charge in [-0.1, -0.05) is 18.2 Å². The van der Waals surface area contributed by atoms with Crippen molar-refractivity contribution in [3.05, 3.63) is 34.7 Å². The Balaban J connectivity index is 1.54. The van der Waals surface area contributed by atoms with Crippen LogP contribution >= 0.6 is 11.3 Å². The summed E-state index contributed by atoms with van der Waals surface area (Å²) in [5, 5.41) is 7.68. The fourth-order valence-electron chi connectivity index (χ4n) is 4.62. The van der Waals surface area contributed by atoms with Crippen LogP contribution in [0.15, 0.2) is 29.4 Å². The third kappa shape index (κ3) is 4.76. The van der Waals surface area contributed by atoms with E-state index in [0.717, 1.165) is 71.4 Å². The Kier molecular flexibility index (Phi) is 6.60. The first-order valence-corrected chi connectivity index (χ1v) is 12.1. The van der Waals surface area contributed by atoms with Crippen molar-refractivity contribution in [3.8, 4) is 0 Å². The van der Waals surface area contributed by atoms with E-state index in [1.807, 2.05) is 24.1 Å². The van der Waals surface area contributed by atoms with Gasteiger partial charge in [-0.15, -0.1) is 11.3 Å². The summed E-state index contributed by atoms with van der Waals surface area (Å²) >= 11 is 1.57. The minimum Gasteiger partial charge on any atom is -0.344 e. The topological polar surface area (TPSA) is 56.2 Å². The first-order chi connectivity index (χ1) is 14.9. The summed E-state index contributed by atoms with van der Waals surface area (Å²) in [7, 11) is 3.60. The van der Waals surface area contributed by atoms with Crippen molar-refractivity contribution >= 4 is 38.9 Å². The van der Waals surface area contributed by atoms with Crippen LogP contribution in [0.1, 0.15) is 54.3 Å². The summed E-state index contributed by atoms with van der Waals surface area (Å²) in [6.07, 6.45) is 5.41. The van der Waals surface area contributed by atoms with E-state index in [4.69, 9.17) is 0 Å². The third-order valence-corrected chi connectivity index (χ3v) is 7.51. The highest BCUT2D eigenvalue weighted by Crippen LogP contribution is 2.35. The highest BCUT2D eigenvalue weighted by Gasteiger charge is 2.30. The molecule has 2 aliphatic heterocycles. The van der Waals surface area contributed by atoms with Crippen molar-refractivity contribution in [2.24, 2.45) is 5.10 Å². The molecule has 3 heterocycles. The van der Waals surface area contributed by atoms with E-state index in [9.17, 15) is 9.59 Å². The van der Waals surface area contributed by atoms with Gasteiger partial charge < -0.3 is 9.80 Å². The van der Waals surface area contributed by atoms with E-state index < -0.39 is 0 Å². The number of carbonyl (C=O) groups is 2. The van der Waals surface area contributed by atoms with Gasteiger partial charge in [0.25, 0.3) is 5.91 Å². The lowest BCUT2D eigenvalue weighted by atomic mass is 9.93. The summed E-state index contributed by atoms with van der Waals surface area (Å²) in [4.78, 5) is 30.6. The van der Waals surface area contributed by atoms with Gasteiger partial charge in [0.05, 0.1) is 4.88 Å². The van der Waals surface area contributed by atoms with Crippen LogP contribution in [0.2, 0.25) is 0 Å². The number of hydrogen-bond acceptors (Lipinski definition) is 5. The molecule has 0 radical (unpaired) electrons. The SMILES string of the molecule is CC1=NN(CCC(=O)N2CCCC[C@H]2Cc2c(C(=O)N(C)C)sc3ccccc23)CC1. The van der Waals surface area contributed by atoms with Gasteiger partial charge in [-0.05, 0) is 49.6 Å². The lowest BCUT2D eigenvalue weighted by Gasteiger charge is -2.36. The number of amides is 2. The summed E-state index contributed by atoms with van der Waals surface area (Å²) in [5.41, 5.74) is 2.24. The third-order valence-electron chi connectivity index (χ3n) is 6.31. The molecule has 0 saturated carbocycles. The number of hydrazone groups is 1. The Morgan fingerprint density at radius 3 is 2.74 bits per heavy atom. The van der Waals surface area contributed by atoms with Gasteiger partial charge in [-0.25, -0.2) is 0 Å². The highest BCUT2D eigenvalue weighted by atomic mass is 32.1. The standard InChI is InChI=1S/C24H32N4O2S/c1-17-11-14-27(25-17)15-12-22(29)28-13-7-6-8-18(28)16-20-19-9-4-5-10-21(19)31-23(20)24(30)26(2)3/h4-5,9-10,18H,6-8,11-16H2,1-3H3/t18-/m0/s1. The molecule has 2 aromatic rings. The highest BCUT2D eigenvalue weighted by molar-refractivity contribution is 7.21. The van der Waals surface area contributed by atoms with Crippen molar-refractivity contribution in [1.82, 2.24) is 14.8 Å². The molecule has 0 bridgehead atoms. The monoisotopic (exact) mass is 440 g/mol. The molecule has 31 heavy (non-hydrogen) atoms. The van der Waals surface area contributed by atoms with Crippen LogP contribution in [-0.4, -0.2) is 72.1 Å². The minimum atomic E-state index is 0.0483. The summed E-state index contributed by atoms with van der Waals surface area (Å²) in [6.45, 7) is 4.45. The molecular formula is C24H32N4O2S. The predicted molar refractivity (Wildman–Crippen MR) is 127 cm³/mol. The van der Waals surface area contributed by atoms with E-state index in [1.165, 1.54) is 0 Å². The summed E-state index contributed by atoms with van der Waals surface area (Å²) in [5.74, 6) is 0.261. The zero-order valence-electron chi connectivity index (χ0n) is 18.8. The molecule has 4 rings (SSSR count). The van der Waals surface area contributed by atoms with Crippen LogP contribution in [0.25, 0.3) is 10.1 Å². The largest absolute Gasteiger partial charge is 0.344 e. The lowest BCUT2D eigenvalue weighted by Crippen LogP contribution is -2.45. The molecule has 166 valence electrons. The van der Waals surface area contributed by atoms with E-state index in [1.54, 1.807) is 30.3 Å². The molecule has 6 nitrogen and oxygen atoms in total. The van der Waals surface area contributed by atoms with Gasteiger partial charge in [0, 0.05) is 63.0 Å². The number of piperidine rings is 1. The number of hydrogen-bond donors (Lipinski definition) is 0. The van der Waals surface area contributed by atoms with Crippen molar-refractivity contribution in [1.29, 1.82) is 0 Å². The van der Waals surface area contributed by atoms with Crippen molar-refractivity contribution in [2.75, 3.05) is 33.7 Å². The van der Waals surface area contributed by atoms with Crippen LogP contribution in [0.3, 0.4) is 0 Å². The van der Waals surface area contributed by atoms with Gasteiger partial charge in [0.15, 0.2) is 0 Å². The smallest absolute Gasteiger partial charge is 0.263 e. The zero-order chi connectivity index (χ0) is 22.0. The fraction of sp³-hybridized carbons (Fsp3) is 0.542. The molecule has 1 saturated heterocycles. The number of nitrogens with zero attached hydrogens (tertiary/aromatic N) is 4. The molecule has 1 atom stereocenters. The average molecular weight is 441 g/mol. The van der Waals surface area contributed by atoms with E-state index in [-0.39, 0.29) is 17.9 Å². The lowest BCUT2D eigenvalue weighted by molar-refractivity contribution is -0.135. The van der Waals surface area contributed by atoms with E-state index in [2.05, 4.69) is 22.1 Å². The average Bonchev–Trinajstić information content (AvgIpc) is 3.35. The predicted octanol–water partition coefficient (Wildman–Crippen LogP) is 4.00. The van der Waals surface area contributed by atoms with Crippen LogP contribution in [0.4, 0.5) is 0 Å². The number of benzene rings is 1. The maximum Gasteiger partial charge on any atom is 0.263 e. The second kappa shape index (κ2) is 9.39. The Bertz CT molecular complexity index is 997. The van der Waals surface area contributed by atoms with Crippen molar-refractivity contribution < 1.29 is 9.59 Å². The first kappa shape index (κ1) is 21.8. The Morgan fingerprint density at radius 2 is 2.00 bits per heavy atom. The molecule has 2 aliphatic rings. The van der Waals surface area contributed by atoms with Crippen LogP contribution in [-0.2, 0) is 11.2 Å². The molecule has 0 unspecified atom stereocenters. The Morgan fingerprint density at radius 1 is 1.19 bits per heavy atom. The quantitative estimate of drug-likeness (QED) is 0.682. The fourth-order valence-corrected chi connectivity index (χ4v) is 5.87. The molecule has 1 aromatic heterocycles. The number of rotatable bonds is 6. The number of carbonyl (C=O) groups excluding carboxylic acids is 2. The van der Waals surface area contributed by atoms with Gasteiger partial charge in [0.2, 0.25) is 5.91 Å². The second-order valence-electron chi connectivity index (χ2n) is 8.84. The molecule has 7 heteroatoms. The molecule has 1 aromatic carbocycles. The van der Waals surface area contributed by atoms with Gasteiger partial charge in [-0.2, -0.15) is 5.10 Å². The maximum atomic E-state index is 13.1. The van der Waals surface area contributed by atoms with Gasteiger partial charge >= 0.3 is 0 Å². The molecule has 2 amide bonds. The minimum absolute atomic E-state index is 0.0483. The van der Waals surface area contributed by atoms with Gasteiger partial charge in [0.1, 0.15) is 0 Å². The molecule has 0 N–H and O–H groups in total. The first-order valence-electron chi connectivity index (χ1n) is 11.2. The van der Waals surface area contributed by atoms with Gasteiger partial charge in [-0.3, -0.25) is 14.6 Å². The Hall–Kier alpha value is -2.41.